The molecular formula is C18H24N2O. The second kappa shape index (κ2) is 5.66. The van der Waals surface area contributed by atoms with Crippen LogP contribution < -0.4 is 5.73 Å². The summed E-state index contributed by atoms with van der Waals surface area (Å²) in [6.45, 7) is 5.40. The third kappa shape index (κ3) is 2.63. The van der Waals surface area contributed by atoms with Crippen molar-refractivity contribution < 1.29 is 5.11 Å². The van der Waals surface area contributed by atoms with Gasteiger partial charge in [-0.1, -0.05) is 36.4 Å². The Morgan fingerprint density at radius 2 is 2.00 bits per heavy atom. The Morgan fingerprint density at radius 1 is 1.24 bits per heavy atom. The summed E-state index contributed by atoms with van der Waals surface area (Å²) in [5.41, 5.74) is 7.06. The van der Waals surface area contributed by atoms with E-state index in [9.17, 15) is 5.11 Å². The lowest BCUT2D eigenvalue weighted by Gasteiger charge is -2.40. The Morgan fingerprint density at radius 3 is 2.76 bits per heavy atom. The summed E-state index contributed by atoms with van der Waals surface area (Å²) >= 11 is 0. The molecule has 3 unspecified atom stereocenters. The normalized spacial score (nSPS) is 25.1. The molecule has 1 aliphatic heterocycles. The van der Waals surface area contributed by atoms with Gasteiger partial charge in [-0.2, -0.15) is 0 Å². The minimum Gasteiger partial charge on any atom is -0.507 e. The van der Waals surface area contributed by atoms with Crippen molar-refractivity contribution >= 4 is 10.8 Å². The number of piperidine rings is 1. The van der Waals surface area contributed by atoms with Gasteiger partial charge in [-0.3, -0.25) is 4.90 Å². The smallest absolute Gasteiger partial charge is 0.128 e. The molecule has 1 saturated heterocycles. The summed E-state index contributed by atoms with van der Waals surface area (Å²) in [5, 5.41) is 12.7. The molecule has 0 radical (unpaired) electrons. The topological polar surface area (TPSA) is 49.5 Å². The van der Waals surface area contributed by atoms with Crippen molar-refractivity contribution in [3.8, 4) is 5.75 Å². The molecular weight excluding hydrogens is 260 g/mol. The zero-order valence-electron chi connectivity index (χ0n) is 12.8. The van der Waals surface area contributed by atoms with Gasteiger partial charge in [0.15, 0.2) is 0 Å². The Labute approximate surface area is 126 Å². The molecule has 112 valence electrons. The van der Waals surface area contributed by atoms with E-state index in [0.29, 0.717) is 17.8 Å². The number of phenols is 1. The molecule has 3 heteroatoms. The Kier molecular flexibility index (Phi) is 3.87. The SMILES string of the molecule is CC1CC(N)CCN1C(C)c1ccc2ccccc2c1O. The third-order valence-electron chi connectivity index (χ3n) is 4.85. The number of rotatable bonds is 2. The first-order valence-electron chi connectivity index (χ1n) is 7.80. The van der Waals surface area contributed by atoms with Crippen molar-refractivity contribution in [2.24, 2.45) is 5.73 Å². The number of hydrogen-bond donors (Lipinski definition) is 2. The Hall–Kier alpha value is -1.58. The van der Waals surface area contributed by atoms with Crippen LogP contribution in [-0.4, -0.2) is 28.6 Å². The maximum absolute atomic E-state index is 10.6. The van der Waals surface area contributed by atoms with E-state index in [4.69, 9.17) is 5.73 Å². The van der Waals surface area contributed by atoms with E-state index in [1.165, 1.54) is 0 Å². The molecule has 3 atom stereocenters. The minimum atomic E-state index is 0.206. The minimum absolute atomic E-state index is 0.206. The fourth-order valence-corrected chi connectivity index (χ4v) is 3.59. The van der Waals surface area contributed by atoms with E-state index in [1.54, 1.807) is 0 Å². The van der Waals surface area contributed by atoms with Crippen LogP contribution in [0.4, 0.5) is 0 Å². The molecule has 0 bridgehead atoms. The Bertz CT molecular complexity index is 640. The lowest BCUT2D eigenvalue weighted by Crippen LogP contribution is -2.46. The number of nitrogens with two attached hydrogens (primary N) is 1. The zero-order chi connectivity index (χ0) is 15.0. The van der Waals surface area contributed by atoms with Crippen LogP contribution in [0, 0.1) is 0 Å². The maximum Gasteiger partial charge on any atom is 0.128 e. The first-order valence-corrected chi connectivity index (χ1v) is 7.80. The van der Waals surface area contributed by atoms with Crippen molar-refractivity contribution in [1.29, 1.82) is 0 Å². The molecule has 1 aliphatic rings. The standard InChI is InChI=1S/C18H24N2O/c1-12-11-15(19)9-10-20(12)13(2)16-8-7-14-5-3-4-6-17(14)18(16)21/h3-8,12-13,15,21H,9-11,19H2,1-2H3. The van der Waals surface area contributed by atoms with Crippen molar-refractivity contribution in [3.05, 3.63) is 42.0 Å². The fraction of sp³-hybridized carbons (Fsp3) is 0.444. The highest BCUT2D eigenvalue weighted by atomic mass is 16.3. The lowest BCUT2D eigenvalue weighted by molar-refractivity contribution is 0.103. The summed E-state index contributed by atoms with van der Waals surface area (Å²) in [7, 11) is 0. The Balaban J connectivity index is 1.94. The number of hydrogen-bond acceptors (Lipinski definition) is 3. The molecule has 3 rings (SSSR count). The van der Waals surface area contributed by atoms with E-state index in [0.717, 1.165) is 35.7 Å². The monoisotopic (exact) mass is 284 g/mol. The van der Waals surface area contributed by atoms with Gasteiger partial charge in [0.05, 0.1) is 0 Å². The zero-order valence-corrected chi connectivity index (χ0v) is 12.8. The van der Waals surface area contributed by atoms with Crippen LogP contribution in [0.25, 0.3) is 10.8 Å². The summed E-state index contributed by atoms with van der Waals surface area (Å²) in [5.74, 6) is 0.419. The van der Waals surface area contributed by atoms with Crippen molar-refractivity contribution in [2.75, 3.05) is 6.54 Å². The quantitative estimate of drug-likeness (QED) is 0.888. The summed E-state index contributed by atoms with van der Waals surface area (Å²) < 4.78 is 0. The highest BCUT2D eigenvalue weighted by Gasteiger charge is 2.28. The predicted molar refractivity (Wildman–Crippen MR) is 87.4 cm³/mol. The van der Waals surface area contributed by atoms with Crippen molar-refractivity contribution in [2.45, 2.75) is 44.8 Å². The average Bonchev–Trinajstić information content (AvgIpc) is 2.47. The molecule has 0 saturated carbocycles. The first-order chi connectivity index (χ1) is 10.1. The second-order valence-corrected chi connectivity index (χ2v) is 6.27. The molecule has 1 heterocycles. The van der Waals surface area contributed by atoms with Crippen molar-refractivity contribution in [3.63, 3.8) is 0 Å². The number of phenolic OH excluding ortho intramolecular Hbond substituents is 1. The van der Waals surface area contributed by atoms with Crippen LogP contribution in [0.2, 0.25) is 0 Å². The average molecular weight is 284 g/mol. The molecule has 3 nitrogen and oxygen atoms in total. The number of benzene rings is 2. The largest absolute Gasteiger partial charge is 0.507 e. The molecule has 3 N–H and O–H groups in total. The molecule has 0 aliphatic carbocycles. The van der Waals surface area contributed by atoms with E-state index >= 15 is 0 Å². The van der Waals surface area contributed by atoms with Crippen LogP contribution in [0.3, 0.4) is 0 Å². The second-order valence-electron chi connectivity index (χ2n) is 6.27. The van der Waals surface area contributed by atoms with Gasteiger partial charge in [-0.15, -0.1) is 0 Å². The summed E-state index contributed by atoms with van der Waals surface area (Å²) in [6, 6.07) is 13.1. The number of nitrogens with zero attached hydrogens (tertiary/aromatic N) is 1. The number of aromatic hydroxyl groups is 1. The van der Waals surface area contributed by atoms with Gasteiger partial charge >= 0.3 is 0 Å². The van der Waals surface area contributed by atoms with Crippen LogP contribution in [0.5, 0.6) is 5.75 Å². The van der Waals surface area contributed by atoms with E-state index in [2.05, 4.69) is 30.9 Å². The van der Waals surface area contributed by atoms with Gasteiger partial charge in [-0.25, -0.2) is 0 Å². The molecule has 0 amide bonds. The highest BCUT2D eigenvalue weighted by molar-refractivity contribution is 5.89. The first kappa shape index (κ1) is 14.4. The highest BCUT2D eigenvalue weighted by Crippen LogP contribution is 2.36. The van der Waals surface area contributed by atoms with Gasteiger partial charge < -0.3 is 10.8 Å². The molecule has 0 aromatic heterocycles. The number of likely N-dealkylation sites (tertiary alicyclic amines) is 1. The van der Waals surface area contributed by atoms with Crippen LogP contribution in [0.1, 0.15) is 38.3 Å². The molecule has 2 aromatic carbocycles. The molecule has 21 heavy (non-hydrogen) atoms. The van der Waals surface area contributed by atoms with Gasteiger partial charge in [0.25, 0.3) is 0 Å². The van der Waals surface area contributed by atoms with Crippen molar-refractivity contribution in [1.82, 2.24) is 4.90 Å². The molecule has 1 fully saturated rings. The van der Waals surface area contributed by atoms with Gasteiger partial charge in [-0.05, 0) is 32.1 Å². The molecule has 2 aromatic rings. The van der Waals surface area contributed by atoms with Gasteiger partial charge in [0.2, 0.25) is 0 Å². The molecule has 0 spiro atoms. The van der Waals surface area contributed by atoms with Crippen LogP contribution in [-0.2, 0) is 0 Å². The van der Waals surface area contributed by atoms with Crippen LogP contribution in [0.15, 0.2) is 36.4 Å². The van der Waals surface area contributed by atoms with E-state index in [-0.39, 0.29) is 6.04 Å². The van der Waals surface area contributed by atoms with Gasteiger partial charge in [0.1, 0.15) is 5.75 Å². The van der Waals surface area contributed by atoms with Crippen LogP contribution >= 0.6 is 0 Å². The predicted octanol–water partition coefficient (Wildman–Crippen LogP) is 3.42. The summed E-state index contributed by atoms with van der Waals surface area (Å²) in [6.07, 6.45) is 2.06. The third-order valence-corrected chi connectivity index (χ3v) is 4.85. The van der Waals surface area contributed by atoms with E-state index < -0.39 is 0 Å². The maximum atomic E-state index is 10.6. The lowest BCUT2D eigenvalue weighted by atomic mass is 9.94. The summed E-state index contributed by atoms with van der Waals surface area (Å²) in [4.78, 5) is 2.45. The fourth-order valence-electron chi connectivity index (χ4n) is 3.59. The number of fused-ring (bicyclic) bond motifs is 1. The van der Waals surface area contributed by atoms with E-state index in [1.807, 2.05) is 24.3 Å². The van der Waals surface area contributed by atoms with Gasteiger partial charge in [0, 0.05) is 35.6 Å².